The first-order chi connectivity index (χ1) is 10.5. The van der Waals surface area contributed by atoms with E-state index >= 15 is 0 Å². The van der Waals surface area contributed by atoms with Crippen LogP contribution in [0.4, 0.5) is 4.39 Å². The zero-order chi connectivity index (χ0) is 16.1. The Morgan fingerprint density at radius 3 is 2.64 bits per heavy atom. The normalized spacial score (nSPS) is 11.8. The lowest BCUT2D eigenvalue weighted by Gasteiger charge is -2.16. The third kappa shape index (κ3) is 4.07. The molecule has 1 unspecified atom stereocenters. The maximum absolute atomic E-state index is 13.5. The third-order valence-electron chi connectivity index (χ3n) is 3.41. The summed E-state index contributed by atoms with van der Waals surface area (Å²) < 4.78 is 19.2. The van der Waals surface area contributed by atoms with Crippen LogP contribution in [0.2, 0.25) is 0 Å². The van der Waals surface area contributed by atoms with Crippen molar-refractivity contribution in [2.24, 2.45) is 0 Å². The second-order valence-corrected chi connectivity index (χ2v) is 5.34. The lowest BCUT2D eigenvalue weighted by Crippen LogP contribution is -2.36. The topological polar surface area (TPSA) is 38.3 Å². The van der Waals surface area contributed by atoms with Crippen LogP contribution in [-0.2, 0) is 11.3 Å². The van der Waals surface area contributed by atoms with Crippen LogP contribution >= 0.6 is 0 Å². The zero-order valence-corrected chi connectivity index (χ0v) is 13.0. The second kappa shape index (κ2) is 7.07. The summed E-state index contributed by atoms with van der Waals surface area (Å²) in [5, 5.41) is 2.69. The highest BCUT2D eigenvalue weighted by Gasteiger charge is 2.15. The van der Waals surface area contributed by atoms with Gasteiger partial charge < -0.3 is 10.1 Å². The number of rotatable bonds is 5. The number of amides is 1. The van der Waals surface area contributed by atoms with Gasteiger partial charge in [0.15, 0.2) is 6.10 Å². The Bertz CT molecular complexity index is 670. The molecule has 0 heterocycles. The molecule has 0 aliphatic rings. The molecule has 0 radical (unpaired) electrons. The van der Waals surface area contributed by atoms with Crippen molar-refractivity contribution in [1.82, 2.24) is 5.32 Å². The SMILES string of the molecule is Cc1ccc(OC(C)C(=O)NCc2ccccc2F)c(C)c1. The molecule has 3 nitrogen and oxygen atoms in total. The van der Waals surface area contributed by atoms with E-state index in [1.807, 2.05) is 32.0 Å². The Morgan fingerprint density at radius 1 is 1.23 bits per heavy atom. The van der Waals surface area contributed by atoms with Gasteiger partial charge in [0.25, 0.3) is 5.91 Å². The molecule has 22 heavy (non-hydrogen) atoms. The predicted octanol–water partition coefficient (Wildman–Crippen LogP) is 3.53. The fourth-order valence-corrected chi connectivity index (χ4v) is 2.14. The van der Waals surface area contributed by atoms with E-state index in [9.17, 15) is 9.18 Å². The summed E-state index contributed by atoms with van der Waals surface area (Å²) in [6, 6.07) is 12.2. The van der Waals surface area contributed by atoms with E-state index in [1.165, 1.54) is 6.07 Å². The van der Waals surface area contributed by atoms with Gasteiger partial charge in [0.2, 0.25) is 0 Å². The largest absolute Gasteiger partial charge is 0.481 e. The number of carbonyl (C=O) groups excluding carboxylic acids is 1. The highest BCUT2D eigenvalue weighted by Crippen LogP contribution is 2.20. The van der Waals surface area contributed by atoms with Crippen molar-refractivity contribution in [3.63, 3.8) is 0 Å². The Kier molecular flexibility index (Phi) is 5.15. The molecule has 0 aromatic heterocycles. The number of ether oxygens (including phenoxy) is 1. The molecule has 116 valence electrons. The minimum atomic E-state index is -0.645. The molecule has 0 aliphatic heterocycles. The summed E-state index contributed by atoms with van der Waals surface area (Å²) in [4.78, 5) is 12.1. The minimum absolute atomic E-state index is 0.145. The molecule has 0 spiro atoms. The molecule has 1 atom stereocenters. The van der Waals surface area contributed by atoms with E-state index in [0.717, 1.165) is 11.1 Å². The number of halogens is 1. The maximum atomic E-state index is 13.5. The molecule has 0 saturated heterocycles. The Balaban J connectivity index is 1.93. The molecule has 2 aromatic carbocycles. The summed E-state index contributed by atoms with van der Waals surface area (Å²) in [6.07, 6.45) is -0.645. The van der Waals surface area contributed by atoms with Crippen LogP contribution in [0.1, 0.15) is 23.6 Å². The molecule has 2 rings (SSSR count). The molecule has 0 saturated carbocycles. The van der Waals surface area contributed by atoms with Gasteiger partial charge in [-0.25, -0.2) is 4.39 Å². The molecule has 0 aliphatic carbocycles. The standard InChI is InChI=1S/C18H20FNO2/c1-12-8-9-17(13(2)10-12)22-14(3)18(21)20-11-15-6-4-5-7-16(15)19/h4-10,14H,11H2,1-3H3,(H,20,21). The van der Waals surface area contributed by atoms with Crippen LogP contribution in [-0.4, -0.2) is 12.0 Å². The molecule has 0 bridgehead atoms. The average Bonchev–Trinajstić information content (AvgIpc) is 2.49. The fraction of sp³-hybridized carbons (Fsp3) is 0.278. The van der Waals surface area contributed by atoms with Gasteiger partial charge in [-0.15, -0.1) is 0 Å². The van der Waals surface area contributed by atoms with Gasteiger partial charge in [0.1, 0.15) is 11.6 Å². The molecule has 1 N–H and O–H groups in total. The second-order valence-electron chi connectivity index (χ2n) is 5.34. The van der Waals surface area contributed by atoms with Crippen LogP contribution < -0.4 is 10.1 Å². The van der Waals surface area contributed by atoms with Crippen LogP contribution in [0.3, 0.4) is 0 Å². The molecule has 4 heteroatoms. The van der Waals surface area contributed by atoms with Crippen LogP contribution in [0.25, 0.3) is 0 Å². The molecule has 0 fully saturated rings. The predicted molar refractivity (Wildman–Crippen MR) is 84.3 cm³/mol. The first-order valence-electron chi connectivity index (χ1n) is 7.22. The first kappa shape index (κ1) is 16.0. The number of aryl methyl sites for hydroxylation is 2. The number of hydrogen-bond donors (Lipinski definition) is 1. The average molecular weight is 301 g/mol. The van der Waals surface area contributed by atoms with E-state index in [2.05, 4.69) is 5.32 Å². The number of hydrogen-bond acceptors (Lipinski definition) is 2. The van der Waals surface area contributed by atoms with Gasteiger partial charge in [-0.1, -0.05) is 35.9 Å². The van der Waals surface area contributed by atoms with E-state index < -0.39 is 6.10 Å². The first-order valence-corrected chi connectivity index (χ1v) is 7.22. The van der Waals surface area contributed by atoms with E-state index in [-0.39, 0.29) is 18.3 Å². The van der Waals surface area contributed by atoms with E-state index in [0.29, 0.717) is 11.3 Å². The highest BCUT2D eigenvalue weighted by atomic mass is 19.1. The van der Waals surface area contributed by atoms with Gasteiger partial charge in [-0.2, -0.15) is 0 Å². The van der Waals surface area contributed by atoms with Crippen molar-refractivity contribution < 1.29 is 13.9 Å². The van der Waals surface area contributed by atoms with Crippen LogP contribution in [0, 0.1) is 19.7 Å². The summed E-state index contributed by atoms with van der Waals surface area (Å²) in [6.45, 7) is 5.76. The van der Waals surface area contributed by atoms with E-state index in [4.69, 9.17) is 4.74 Å². The lowest BCUT2D eigenvalue weighted by molar-refractivity contribution is -0.127. The minimum Gasteiger partial charge on any atom is -0.481 e. The van der Waals surface area contributed by atoms with Crippen LogP contribution in [0.5, 0.6) is 5.75 Å². The van der Waals surface area contributed by atoms with Crippen molar-refractivity contribution in [1.29, 1.82) is 0 Å². The Morgan fingerprint density at radius 2 is 1.95 bits per heavy atom. The monoisotopic (exact) mass is 301 g/mol. The number of carbonyl (C=O) groups is 1. The van der Waals surface area contributed by atoms with E-state index in [1.54, 1.807) is 25.1 Å². The number of nitrogens with one attached hydrogen (secondary N) is 1. The van der Waals surface area contributed by atoms with Gasteiger partial charge in [-0.3, -0.25) is 4.79 Å². The highest BCUT2D eigenvalue weighted by molar-refractivity contribution is 5.80. The van der Waals surface area contributed by atoms with Crippen LogP contribution in [0.15, 0.2) is 42.5 Å². The van der Waals surface area contributed by atoms with Gasteiger partial charge in [0.05, 0.1) is 0 Å². The van der Waals surface area contributed by atoms with Crippen molar-refractivity contribution in [3.8, 4) is 5.75 Å². The zero-order valence-electron chi connectivity index (χ0n) is 13.0. The van der Waals surface area contributed by atoms with Crippen molar-refractivity contribution in [2.75, 3.05) is 0 Å². The quantitative estimate of drug-likeness (QED) is 0.917. The molecule has 1 amide bonds. The third-order valence-corrected chi connectivity index (χ3v) is 3.41. The summed E-state index contributed by atoms with van der Waals surface area (Å²) in [5.41, 5.74) is 2.57. The fourth-order valence-electron chi connectivity index (χ4n) is 2.14. The molecular formula is C18H20FNO2. The van der Waals surface area contributed by atoms with Gasteiger partial charge >= 0.3 is 0 Å². The molecular weight excluding hydrogens is 281 g/mol. The van der Waals surface area contributed by atoms with Crippen molar-refractivity contribution >= 4 is 5.91 Å². The number of benzene rings is 2. The Hall–Kier alpha value is -2.36. The summed E-state index contributed by atoms with van der Waals surface area (Å²) in [7, 11) is 0. The summed E-state index contributed by atoms with van der Waals surface area (Å²) >= 11 is 0. The maximum Gasteiger partial charge on any atom is 0.261 e. The molecule has 2 aromatic rings. The van der Waals surface area contributed by atoms with Crippen molar-refractivity contribution in [3.05, 3.63) is 65.0 Å². The van der Waals surface area contributed by atoms with Crippen molar-refractivity contribution in [2.45, 2.75) is 33.4 Å². The van der Waals surface area contributed by atoms with Gasteiger partial charge in [0, 0.05) is 12.1 Å². The smallest absolute Gasteiger partial charge is 0.261 e. The Labute approximate surface area is 130 Å². The lowest BCUT2D eigenvalue weighted by atomic mass is 10.1. The van der Waals surface area contributed by atoms with Gasteiger partial charge in [-0.05, 0) is 38.5 Å². The summed E-state index contributed by atoms with van der Waals surface area (Å²) in [5.74, 6) is 0.0770.